The van der Waals surface area contributed by atoms with Gasteiger partial charge < -0.3 is 16.0 Å². The van der Waals surface area contributed by atoms with Crippen molar-refractivity contribution in [1.82, 2.24) is 5.32 Å². The molecule has 0 spiro atoms. The molecule has 24 heavy (non-hydrogen) atoms. The fraction of sp³-hybridized carbons (Fsp3) is 0.350. The number of benzene rings is 2. The van der Waals surface area contributed by atoms with Crippen LogP contribution in [-0.4, -0.2) is 18.5 Å². The molecule has 3 N–H and O–H groups in total. The second-order valence-corrected chi connectivity index (χ2v) is 6.57. The van der Waals surface area contributed by atoms with Gasteiger partial charge in [-0.3, -0.25) is 4.79 Å². The Morgan fingerprint density at radius 1 is 1.17 bits per heavy atom. The molecule has 1 heterocycles. The normalized spacial score (nSPS) is 14.3. The zero-order chi connectivity index (χ0) is 16.9. The lowest BCUT2D eigenvalue weighted by Gasteiger charge is -2.19. The molecule has 0 saturated heterocycles. The average Bonchev–Trinajstić information content (AvgIpc) is 2.97. The number of fused-ring (bicyclic) bond motifs is 1. The Kier molecular flexibility index (Phi) is 5.16. The predicted octanol–water partition coefficient (Wildman–Crippen LogP) is 2.60. The maximum atomic E-state index is 11.6. The van der Waals surface area contributed by atoms with Crippen LogP contribution in [0, 0.1) is 0 Å². The van der Waals surface area contributed by atoms with Crippen LogP contribution >= 0.6 is 0 Å². The molecule has 4 heteroatoms. The van der Waals surface area contributed by atoms with E-state index in [1.807, 2.05) is 6.92 Å². The molecule has 0 fully saturated rings. The molecule has 126 valence electrons. The molecule has 0 saturated carbocycles. The second kappa shape index (κ2) is 7.49. The van der Waals surface area contributed by atoms with E-state index in [1.165, 1.54) is 16.8 Å². The maximum Gasteiger partial charge on any atom is 0.221 e. The molecule has 0 aromatic heterocycles. The van der Waals surface area contributed by atoms with Gasteiger partial charge in [0.1, 0.15) is 0 Å². The fourth-order valence-electron chi connectivity index (χ4n) is 3.12. The van der Waals surface area contributed by atoms with Gasteiger partial charge in [0.15, 0.2) is 0 Å². The van der Waals surface area contributed by atoms with Crippen LogP contribution < -0.4 is 16.0 Å². The molecule has 1 atom stereocenters. The first-order valence-electron chi connectivity index (χ1n) is 8.55. The summed E-state index contributed by atoms with van der Waals surface area (Å²) in [5.74, 6) is 0.00255. The minimum Gasteiger partial charge on any atom is -0.367 e. The first-order chi connectivity index (χ1) is 11.6. The largest absolute Gasteiger partial charge is 0.367 e. The van der Waals surface area contributed by atoms with Crippen LogP contribution in [0.5, 0.6) is 0 Å². The van der Waals surface area contributed by atoms with E-state index in [0.29, 0.717) is 13.0 Å². The van der Waals surface area contributed by atoms with Gasteiger partial charge in [0.05, 0.1) is 0 Å². The van der Waals surface area contributed by atoms with Crippen molar-refractivity contribution in [2.75, 3.05) is 11.4 Å². The van der Waals surface area contributed by atoms with E-state index in [9.17, 15) is 4.79 Å². The average molecular weight is 323 g/mol. The maximum absolute atomic E-state index is 11.6. The quantitative estimate of drug-likeness (QED) is 0.859. The molecule has 0 radical (unpaired) electrons. The summed E-state index contributed by atoms with van der Waals surface area (Å²) >= 11 is 0. The number of carbonyl (C=O) groups excluding carboxylic acids is 1. The van der Waals surface area contributed by atoms with Crippen LogP contribution in [0.1, 0.15) is 30.0 Å². The number of hydrogen-bond acceptors (Lipinski definition) is 3. The highest BCUT2D eigenvalue weighted by Crippen LogP contribution is 2.28. The molecule has 1 aliphatic rings. The molecular weight excluding hydrogens is 298 g/mol. The van der Waals surface area contributed by atoms with Crippen LogP contribution in [0.2, 0.25) is 0 Å². The number of anilines is 1. The van der Waals surface area contributed by atoms with E-state index in [0.717, 1.165) is 25.1 Å². The van der Waals surface area contributed by atoms with Crippen molar-refractivity contribution in [2.24, 2.45) is 5.73 Å². The predicted molar refractivity (Wildman–Crippen MR) is 97.8 cm³/mol. The number of nitrogens with one attached hydrogen (secondary N) is 1. The fourth-order valence-corrected chi connectivity index (χ4v) is 3.12. The Morgan fingerprint density at radius 2 is 1.88 bits per heavy atom. The molecule has 0 aliphatic carbocycles. The molecule has 0 bridgehead atoms. The third-order valence-corrected chi connectivity index (χ3v) is 4.38. The number of hydrogen-bond donors (Lipinski definition) is 2. The summed E-state index contributed by atoms with van der Waals surface area (Å²) in [5.41, 5.74) is 10.8. The molecule has 2 aromatic carbocycles. The van der Waals surface area contributed by atoms with Crippen LogP contribution in [0.25, 0.3) is 0 Å². The lowest BCUT2D eigenvalue weighted by Crippen LogP contribution is -2.29. The summed E-state index contributed by atoms with van der Waals surface area (Å²) in [7, 11) is 0. The smallest absolute Gasteiger partial charge is 0.221 e. The van der Waals surface area contributed by atoms with Gasteiger partial charge in [0, 0.05) is 37.8 Å². The first-order valence-corrected chi connectivity index (χ1v) is 8.55. The summed E-state index contributed by atoms with van der Waals surface area (Å²) in [6, 6.07) is 17.0. The standard InChI is InChI=1S/C20H25N3O/c1-15(21)12-20(24)22-13-16-6-8-17(9-7-16)14-23-11-10-18-4-2-3-5-19(18)23/h2-9,15H,10-14,21H2,1H3,(H,22,24). The van der Waals surface area contributed by atoms with Gasteiger partial charge in [-0.2, -0.15) is 0 Å². The van der Waals surface area contributed by atoms with E-state index >= 15 is 0 Å². The first kappa shape index (κ1) is 16.5. The summed E-state index contributed by atoms with van der Waals surface area (Å²) in [6.07, 6.45) is 1.49. The van der Waals surface area contributed by atoms with E-state index in [2.05, 4.69) is 58.7 Å². The molecule has 1 aliphatic heterocycles. The zero-order valence-corrected chi connectivity index (χ0v) is 14.2. The van der Waals surface area contributed by atoms with E-state index in [-0.39, 0.29) is 11.9 Å². The van der Waals surface area contributed by atoms with Crippen molar-refractivity contribution in [1.29, 1.82) is 0 Å². The van der Waals surface area contributed by atoms with Gasteiger partial charge in [-0.15, -0.1) is 0 Å². The highest BCUT2D eigenvalue weighted by molar-refractivity contribution is 5.76. The van der Waals surface area contributed by atoms with E-state index < -0.39 is 0 Å². The van der Waals surface area contributed by atoms with Gasteiger partial charge in [0.2, 0.25) is 5.91 Å². The Balaban J connectivity index is 1.55. The highest BCUT2D eigenvalue weighted by Gasteiger charge is 2.18. The van der Waals surface area contributed by atoms with Crippen LogP contribution in [0.15, 0.2) is 48.5 Å². The van der Waals surface area contributed by atoms with E-state index in [1.54, 1.807) is 0 Å². The lowest BCUT2D eigenvalue weighted by atomic mass is 10.1. The van der Waals surface area contributed by atoms with E-state index in [4.69, 9.17) is 5.73 Å². The van der Waals surface area contributed by atoms with Crippen molar-refractivity contribution >= 4 is 11.6 Å². The van der Waals surface area contributed by atoms with Crippen LogP contribution in [0.4, 0.5) is 5.69 Å². The summed E-state index contributed by atoms with van der Waals surface area (Å²) in [6.45, 7) is 4.39. The Morgan fingerprint density at radius 3 is 2.62 bits per heavy atom. The molecule has 2 aromatic rings. The number of nitrogens with zero attached hydrogens (tertiary/aromatic N) is 1. The van der Waals surface area contributed by atoms with Crippen LogP contribution in [0.3, 0.4) is 0 Å². The summed E-state index contributed by atoms with van der Waals surface area (Å²) in [5, 5.41) is 2.91. The van der Waals surface area contributed by atoms with Gasteiger partial charge in [0.25, 0.3) is 0 Å². The van der Waals surface area contributed by atoms with Crippen molar-refractivity contribution in [2.45, 2.75) is 38.9 Å². The molecular formula is C20H25N3O. The SMILES string of the molecule is CC(N)CC(=O)NCc1ccc(CN2CCc3ccccc32)cc1. The lowest BCUT2D eigenvalue weighted by molar-refractivity contribution is -0.121. The van der Waals surface area contributed by atoms with Gasteiger partial charge in [-0.1, -0.05) is 42.5 Å². The van der Waals surface area contributed by atoms with Crippen molar-refractivity contribution in [3.63, 3.8) is 0 Å². The minimum atomic E-state index is -0.101. The van der Waals surface area contributed by atoms with Crippen molar-refractivity contribution in [3.05, 3.63) is 65.2 Å². The topological polar surface area (TPSA) is 58.4 Å². The number of nitrogens with two attached hydrogens (primary N) is 1. The minimum absolute atomic E-state index is 0.00255. The Hall–Kier alpha value is -2.33. The van der Waals surface area contributed by atoms with Gasteiger partial charge >= 0.3 is 0 Å². The third-order valence-electron chi connectivity index (χ3n) is 4.38. The third kappa shape index (κ3) is 4.15. The number of amides is 1. The molecule has 1 amide bonds. The number of para-hydroxylation sites is 1. The van der Waals surface area contributed by atoms with Crippen molar-refractivity contribution in [3.8, 4) is 0 Å². The van der Waals surface area contributed by atoms with Crippen LogP contribution in [-0.2, 0) is 24.3 Å². The zero-order valence-electron chi connectivity index (χ0n) is 14.2. The highest BCUT2D eigenvalue weighted by atomic mass is 16.1. The summed E-state index contributed by atoms with van der Waals surface area (Å²) < 4.78 is 0. The Labute approximate surface area is 143 Å². The van der Waals surface area contributed by atoms with Gasteiger partial charge in [-0.05, 0) is 36.1 Å². The van der Waals surface area contributed by atoms with Crippen molar-refractivity contribution < 1.29 is 4.79 Å². The Bertz CT molecular complexity index is 694. The van der Waals surface area contributed by atoms with Gasteiger partial charge in [-0.25, -0.2) is 0 Å². The summed E-state index contributed by atoms with van der Waals surface area (Å²) in [4.78, 5) is 14.1. The molecule has 4 nitrogen and oxygen atoms in total. The number of rotatable bonds is 6. The number of carbonyl (C=O) groups is 1. The second-order valence-electron chi connectivity index (χ2n) is 6.57. The monoisotopic (exact) mass is 323 g/mol. The molecule has 3 rings (SSSR count). The molecule has 1 unspecified atom stereocenters.